The van der Waals surface area contributed by atoms with Crippen LogP contribution < -0.4 is 19.5 Å². The molecule has 2 rings (SSSR count). The monoisotopic (exact) mass is 490 g/mol. The Kier molecular flexibility index (Phi) is 8.81. The molecule has 0 aromatic heterocycles. The number of halogens is 2. The molecule has 0 spiro atoms. The van der Waals surface area contributed by atoms with Gasteiger partial charge in [-0.2, -0.15) is 4.31 Å². The van der Waals surface area contributed by atoms with E-state index in [-0.39, 0.29) is 28.8 Å². The number of nitrogens with zero attached hydrogens (tertiary/aromatic N) is 1. The van der Waals surface area contributed by atoms with Crippen molar-refractivity contribution in [3.8, 4) is 17.2 Å². The predicted molar refractivity (Wildman–Crippen MR) is 120 cm³/mol. The van der Waals surface area contributed by atoms with Crippen LogP contribution in [0, 0.1) is 0 Å². The molecule has 0 radical (unpaired) electrons. The van der Waals surface area contributed by atoms with Crippen LogP contribution in [0.4, 0.5) is 5.69 Å². The third kappa shape index (κ3) is 5.94. The molecule has 0 aliphatic heterocycles. The van der Waals surface area contributed by atoms with E-state index in [1.807, 2.05) is 0 Å². The Hall–Kier alpha value is -2.20. The first kappa shape index (κ1) is 25.1. The number of ether oxygens (including phenoxy) is 3. The molecule has 1 amide bonds. The molecule has 170 valence electrons. The van der Waals surface area contributed by atoms with E-state index in [4.69, 9.17) is 37.4 Å². The van der Waals surface area contributed by atoms with Gasteiger partial charge in [-0.05, 0) is 18.2 Å². The van der Waals surface area contributed by atoms with Crippen molar-refractivity contribution in [1.29, 1.82) is 0 Å². The van der Waals surface area contributed by atoms with Crippen molar-refractivity contribution < 1.29 is 27.4 Å². The molecule has 0 saturated carbocycles. The van der Waals surface area contributed by atoms with Crippen LogP contribution >= 0.6 is 23.2 Å². The highest BCUT2D eigenvalue weighted by Crippen LogP contribution is 2.36. The van der Waals surface area contributed by atoms with Gasteiger partial charge >= 0.3 is 0 Å². The summed E-state index contributed by atoms with van der Waals surface area (Å²) in [5.41, 5.74) is 0.324. The minimum Gasteiger partial charge on any atom is -0.495 e. The third-order valence-electron chi connectivity index (χ3n) is 4.34. The van der Waals surface area contributed by atoms with Crippen LogP contribution in [0.15, 0.2) is 35.2 Å². The van der Waals surface area contributed by atoms with Gasteiger partial charge in [-0.3, -0.25) is 4.79 Å². The Bertz CT molecular complexity index is 1040. The molecule has 2 aromatic carbocycles. The molecule has 0 aliphatic rings. The standard InChI is InChI=1S/C20H24Cl2N2O6S/c1-5-24(6-2)31(26,27)19-9-13(21)7-8-16(19)30-12-20(25)23-15-11-17(28-3)14(22)10-18(15)29-4/h7-11H,5-6,12H2,1-4H3,(H,23,25). The summed E-state index contributed by atoms with van der Waals surface area (Å²) >= 11 is 12.1. The largest absolute Gasteiger partial charge is 0.495 e. The van der Waals surface area contributed by atoms with Gasteiger partial charge in [0.15, 0.2) is 6.61 Å². The highest BCUT2D eigenvalue weighted by molar-refractivity contribution is 7.89. The van der Waals surface area contributed by atoms with E-state index >= 15 is 0 Å². The molecule has 8 nitrogen and oxygen atoms in total. The van der Waals surface area contributed by atoms with Gasteiger partial charge in [0.1, 0.15) is 22.1 Å². The van der Waals surface area contributed by atoms with Crippen LogP contribution in [-0.2, 0) is 14.8 Å². The first-order valence-corrected chi connectivity index (χ1v) is 11.5. The molecule has 31 heavy (non-hydrogen) atoms. The molecular weight excluding hydrogens is 467 g/mol. The van der Waals surface area contributed by atoms with Gasteiger partial charge in [0, 0.05) is 30.2 Å². The van der Waals surface area contributed by atoms with Crippen molar-refractivity contribution in [2.75, 3.05) is 39.2 Å². The number of rotatable bonds is 10. The van der Waals surface area contributed by atoms with E-state index in [0.29, 0.717) is 22.2 Å². The maximum absolute atomic E-state index is 12.9. The zero-order chi connectivity index (χ0) is 23.2. The molecule has 0 atom stereocenters. The minimum atomic E-state index is -3.84. The summed E-state index contributed by atoms with van der Waals surface area (Å²) < 4.78 is 43.0. The second-order valence-corrected chi connectivity index (χ2v) is 8.95. The molecule has 2 aromatic rings. The van der Waals surface area contributed by atoms with E-state index in [1.165, 1.54) is 48.9 Å². The number of anilines is 1. The quantitative estimate of drug-likeness (QED) is 0.539. The zero-order valence-electron chi connectivity index (χ0n) is 17.6. The number of sulfonamides is 1. The molecule has 0 aliphatic carbocycles. The maximum Gasteiger partial charge on any atom is 0.262 e. The number of hydrogen-bond acceptors (Lipinski definition) is 6. The summed E-state index contributed by atoms with van der Waals surface area (Å²) in [6.45, 7) is 3.57. The smallest absolute Gasteiger partial charge is 0.262 e. The second kappa shape index (κ2) is 10.9. The zero-order valence-corrected chi connectivity index (χ0v) is 19.9. The predicted octanol–water partition coefficient (Wildman–Crippen LogP) is 4.06. The number of carbonyl (C=O) groups is 1. The molecular formula is C20H24Cl2N2O6S. The van der Waals surface area contributed by atoms with Crippen molar-refractivity contribution in [3.05, 3.63) is 40.4 Å². The number of hydrogen-bond donors (Lipinski definition) is 1. The van der Waals surface area contributed by atoms with E-state index in [1.54, 1.807) is 13.8 Å². The van der Waals surface area contributed by atoms with Gasteiger partial charge < -0.3 is 19.5 Å². The molecule has 0 heterocycles. The lowest BCUT2D eigenvalue weighted by atomic mass is 10.2. The fourth-order valence-corrected chi connectivity index (χ4v) is 4.88. The topological polar surface area (TPSA) is 94.2 Å². The Balaban J connectivity index is 2.24. The summed E-state index contributed by atoms with van der Waals surface area (Å²) in [5, 5.41) is 3.19. The summed E-state index contributed by atoms with van der Waals surface area (Å²) in [4.78, 5) is 12.4. The Morgan fingerprint density at radius 2 is 1.65 bits per heavy atom. The maximum atomic E-state index is 12.9. The summed E-state index contributed by atoms with van der Waals surface area (Å²) in [6, 6.07) is 7.22. The van der Waals surface area contributed by atoms with Crippen molar-refractivity contribution in [2.45, 2.75) is 18.7 Å². The second-order valence-electron chi connectivity index (χ2n) is 6.20. The lowest BCUT2D eigenvalue weighted by Gasteiger charge is -2.20. The van der Waals surface area contributed by atoms with Gasteiger partial charge in [0.25, 0.3) is 5.91 Å². The Morgan fingerprint density at radius 3 is 2.23 bits per heavy atom. The van der Waals surface area contributed by atoms with Crippen molar-refractivity contribution in [3.63, 3.8) is 0 Å². The van der Waals surface area contributed by atoms with Gasteiger partial charge in [-0.1, -0.05) is 37.0 Å². The van der Waals surface area contributed by atoms with E-state index in [2.05, 4.69) is 5.32 Å². The van der Waals surface area contributed by atoms with Crippen LogP contribution in [0.5, 0.6) is 17.2 Å². The van der Waals surface area contributed by atoms with Gasteiger partial charge in [-0.15, -0.1) is 0 Å². The highest BCUT2D eigenvalue weighted by atomic mass is 35.5. The van der Waals surface area contributed by atoms with Crippen LogP contribution in [0.1, 0.15) is 13.8 Å². The number of nitrogens with one attached hydrogen (secondary N) is 1. The Labute approximate surface area is 192 Å². The van der Waals surface area contributed by atoms with Crippen LogP contribution in [0.25, 0.3) is 0 Å². The van der Waals surface area contributed by atoms with Crippen molar-refractivity contribution >= 4 is 44.8 Å². The van der Waals surface area contributed by atoms with E-state index in [0.717, 1.165) is 0 Å². The average molecular weight is 491 g/mol. The Morgan fingerprint density at radius 1 is 1.00 bits per heavy atom. The van der Waals surface area contributed by atoms with Crippen LogP contribution in [0.3, 0.4) is 0 Å². The molecule has 0 fully saturated rings. The summed E-state index contributed by atoms with van der Waals surface area (Å²) in [7, 11) is -0.966. The first-order chi connectivity index (χ1) is 14.7. The summed E-state index contributed by atoms with van der Waals surface area (Å²) in [6.07, 6.45) is 0. The van der Waals surface area contributed by atoms with E-state index in [9.17, 15) is 13.2 Å². The minimum absolute atomic E-state index is 0.0205. The number of methoxy groups -OCH3 is 2. The van der Waals surface area contributed by atoms with E-state index < -0.39 is 22.5 Å². The van der Waals surface area contributed by atoms with Crippen molar-refractivity contribution in [2.24, 2.45) is 0 Å². The molecule has 0 saturated heterocycles. The number of amides is 1. The number of benzene rings is 2. The molecule has 11 heteroatoms. The van der Waals surface area contributed by atoms with Crippen LogP contribution in [0.2, 0.25) is 10.0 Å². The van der Waals surface area contributed by atoms with Crippen LogP contribution in [-0.4, -0.2) is 52.5 Å². The van der Waals surface area contributed by atoms with Gasteiger partial charge in [-0.25, -0.2) is 8.42 Å². The molecule has 1 N–H and O–H groups in total. The SMILES string of the molecule is CCN(CC)S(=O)(=O)c1cc(Cl)ccc1OCC(=O)Nc1cc(OC)c(Cl)cc1OC. The summed E-state index contributed by atoms with van der Waals surface area (Å²) in [5.74, 6) is 0.162. The fourth-order valence-electron chi connectivity index (χ4n) is 2.79. The first-order valence-electron chi connectivity index (χ1n) is 9.31. The highest BCUT2D eigenvalue weighted by Gasteiger charge is 2.26. The third-order valence-corrected chi connectivity index (χ3v) is 6.94. The lowest BCUT2D eigenvalue weighted by molar-refractivity contribution is -0.118. The molecule has 0 bridgehead atoms. The van der Waals surface area contributed by atoms with Gasteiger partial charge in [0.2, 0.25) is 10.0 Å². The van der Waals surface area contributed by atoms with Gasteiger partial charge in [0.05, 0.1) is 24.9 Å². The average Bonchev–Trinajstić information content (AvgIpc) is 2.74. The van der Waals surface area contributed by atoms with Crippen molar-refractivity contribution in [1.82, 2.24) is 4.31 Å². The number of carbonyl (C=O) groups excluding carboxylic acids is 1. The lowest BCUT2D eigenvalue weighted by Crippen LogP contribution is -2.31. The normalized spacial score (nSPS) is 11.3. The fraction of sp³-hybridized carbons (Fsp3) is 0.350. The molecule has 0 unspecified atom stereocenters.